The molecule has 3 N–H and O–H groups in total. The lowest BCUT2D eigenvalue weighted by Crippen LogP contribution is -2.55. The number of nitrogens with one attached hydrogen (secondary N) is 1. The van der Waals surface area contributed by atoms with Crippen LogP contribution in [0, 0.1) is 10.5 Å². The number of ether oxygens (including phenoxy) is 1. The van der Waals surface area contributed by atoms with Gasteiger partial charge in [-0.15, -0.1) is 0 Å². The summed E-state index contributed by atoms with van der Waals surface area (Å²) in [6, 6.07) is 0. The maximum atomic E-state index is 14.5. The van der Waals surface area contributed by atoms with Crippen LogP contribution in [-0.2, 0) is 4.74 Å². The van der Waals surface area contributed by atoms with Gasteiger partial charge in [-0.3, -0.25) is 9.55 Å². The fraction of sp³-hybridized carbons (Fsp3) is 0.600. The van der Waals surface area contributed by atoms with E-state index in [1.807, 2.05) is 0 Å². The highest BCUT2D eigenvalue weighted by Gasteiger charge is 2.72. The van der Waals surface area contributed by atoms with Gasteiger partial charge in [-0.25, -0.2) is 13.6 Å². The van der Waals surface area contributed by atoms with E-state index in [1.54, 1.807) is 4.98 Å². The van der Waals surface area contributed by atoms with E-state index >= 15 is 0 Å². The van der Waals surface area contributed by atoms with E-state index in [0.717, 1.165) is 0 Å². The Balaban J connectivity index is 2.65. The second-order valence-corrected chi connectivity index (χ2v) is 4.97. The van der Waals surface area contributed by atoms with Gasteiger partial charge in [0, 0.05) is 0 Å². The van der Waals surface area contributed by atoms with E-state index in [-0.39, 0.29) is 10.8 Å². The molecule has 1 aromatic rings. The molecule has 0 amide bonds. The number of aliphatic hydroxyl groups excluding tert-OH is 2. The number of halogens is 5. The molecule has 2 heterocycles. The third-order valence-electron chi connectivity index (χ3n) is 3.24. The Morgan fingerprint density at radius 2 is 2.09 bits per heavy atom. The first-order valence-electron chi connectivity index (χ1n) is 5.75. The molecule has 1 saturated heterocycles. The van der Waals surface area contributed by atoms with E-state index in [9.17, 15) is 31.9 Å². The van der Waals surface area contributed by atoms with Gasteiger partial charge >= 0.3 is 11.9 Å². The minimum absolute atomic E-state index is 0.0441. The van der Waals surface area contributed by atoms with Gasteiger partial charge < -0.3 is 14.9 Å². The topological polar surface area (TPSA) is 87.5 Å². The van der Waals surface area contributed by atoms with Crippen LogP contribution >= 0.6 is 12.2 Å². The van der Waals surface area contributed by atoms with Gasteiger partial charge in [0.05, 0.1) is 12.8 Å². The van der Waals surface area contributed by atoms with Gasteiger partial charge in [0.25, 0.3) is 5.67 Å². The highest BCUT2D eigenvalue weighted by atomic mass is 32.1. The lowest BCUT2D eigenvalue weighted by molar-refractivity contribution is -0.274. The molecule has 12 heteroatoms. The Kier molecular flexibility index (Phi) is 4.14. The standard InChI is InChI=1S/C10H9F5N2O4S/c11-3-1-17(8(20)16-6(3)22)7-9(12,10(13,14)15)5(19)4(2-18)21-7/h1,4-5,7,18-19H,2H2,(H,16,20,22)/t4-,5?,7-,9?/m1/s1. The Morgan fingerprint density at radius 3 is 2.59 bits per heavy atom. The van der Waals surface area contributed by atoms with E-state index in [1.165, 1.54) is 0 Å². The summed E-state index contributed by atoms with van der Waals surface area (Å²) in [5.41, 5.74) is -5.79. The maximum Gasteiger partial charge on any atom is 0.429 e. The molecule has 2 rings (SSSR count). The van der Waals surface area contributed by atoms with Gasteiger partial charge in [0.2, 0.25) is 0 Å². The van der Waals surface area contributed by atoms with Crippen LogP contribution in [0.4, 0.5) is 22.0 Å². The highest BCUT2D eigenvalue weighted by Crippen LogP contribution is 2.50. The van der Waals surface area contributed by atoms with Crippen LogP contribution in [0.1, 0.15) is 6.23 Å². The van der Waals surface area contributed by atoms with Crippen molar-refractivity contribution in [3.63, 3.8) is 0 Å². The van der Waals surface area contributed by atoms with E-state index in [0.29, 0.717) is 0 Å². The summed E-state index contributed by atoms with van der Waals surface area (Å²) in [6.45, 7) is -1.14. The maximum absolute atomic E-state index is 14.5. The van der Waals surface area contributed by atoms with Crippen LogP contribution in [0.3, 0.4) is 0 Å². The number of aromatic amines is 1. The van der Waals surface area contributed by atoms with Crippen LogP contribution in [0.2, 0.25) is 0 Å². The van der Waals surface area contributed by atoms with Crippen LogP contribution in [-0.4, -0.2) is 50.4 Å². The highest BCUT2D eigenvalue weighted by molar-refractivity contribution is 7.71. The molecule has 0 aliphatic carbocycles. The lowest BCUT2D eigenvalue weighted by atomic mass is 9.95. The third kappa shape index (κ3) is 2.35. The molecule has 0 spiro atoms. The molecule has 1 fully saturated rings. The minimum atomic E-state index is -5.65. The van der Waals surface area contributed by atoms with Crippen LogP contribution in [0.15, 0.2) is 11.0 Å². The summed E-state index contributed by atoms with van der Waals surface area (Å²) in [5.74, 6) is -1.29. The fourth-order valence-corrected chi connectivity index (χ4v) is 2.25. The first kappa shape index (κ1) is 17.0. The van der Waals surface area contributed by atoms with Crippen molar-refractivity contribution in [1.29, 1.82) is 0 Å². The second kappa shape index (κ2) is 5.37. The zero-order chi connectivity index (χ0) is 16.9. The van der Waals surface area contributed by atoms with Crippen molar-refractivity contribution in [3.8, 4) is 0 Å². The molecule has 0 radical (unpaired) electrons. The first-order chi connectivity index (χ1) is 10.0. The predicted molar refractivity (Wildman–Crippen MR) is 62.7 cm³/mol. The molecular weight excluding hydrogens is 339 g/mol. The molecule has 6 nitrogen and oxygen atoms in total. The zero-order valence-corrected chi connectivity index (χ0v) is 11.3. The fourth-order valence-electron chi connectivity index (χ4n) is 2.11. The second-order valence-electron chi connectivity index (χ2n) is 4.56. The summed E-state index contributed by atoms with van der Waals surface area (Å²) in [7, 11) is 0. The number of aliphatic hydroxyl groups is 2. The first-order valence-corrected chi connectivity index (χ1v) is 6.15. The summed E-state index contributed by atoms with van der Waals surface area (Å²) in [6.07, 6.45) is -12.9. The molecule has 0 saturated carbocycles. The molecule has 22 heavy (non-hydrogen) atoms. The monoisotopic (exact) mass is 348 g/mol. The van der Waals surface area contributed by atoms with E-state index < -0.39 is 53.0 Å². The van der Waals surface area contributed by atoms with Crippen molar-refractivity contribution in [3.05, 3.63) is 27.1 Å². The lowest BCUT2D eigenvalue weighted by Gasteiger charge is -2.30. The quantitative estimate of drug-likeness (QED) is 0.537. The summed E-state index contributed by atoms with van der Waals surface area (Å²) in [5, 5.41) is 18.3. The molecule has 124 valence electrons. The average Bonchev–Trinajstić information content (AvgIpc) is 2.67. The number of aromatic nitrogens is 2. The number of rotatable bonds is 2. The molecule has 1 aromatic heterocycles. The van der Waals surface area contributed by atoms with Gasteiger partial charge in [-0.2, -0.15) is 13.2 Å². The molecule has 1 aliphatic heterocycles. The van der Waals surface area contributed by atoms with Gasteiger partial charge in [0.15, 0.2) is 12.0 Å². The largest absolute Gasteiger partial charge is 0.429 e. The van der Waals surface area contributed by atoms with Crippen LogP contribution in [0.5, 0.6) is 0 Å². The summed E-state index contributed by atoms with van der Waals surface area (Å²) in [4.78, 5) is 13.3. The number of hydrogen-bond donors (Lipinski definition) is 3. The van der Waals surface area contributed by atoms with Gasteiger partial charge in [-0.1, -0.05) is 12.2 Å². The van der Waals surface area contributed by atoms with Crippen molar-refractivity contribution in [2.45, 2.75) is 30.3 Å². The van der Waals surface area contributed by atoms with Crippen molar-refractivity contribution < 1.29 is 36.9 Å². The Labute approximate surface area is 123 Å². The Hall–Kier alpha value is -1.37. The van der Waals surface area contributed by atoms with Crippen molar-refractivity contribution in [1.82, 2.24) is 9.55 Å². The molecule has 4 atom stereocenters. The van der Waals surface area contributed by atoms with Crippen molar-refractivity contribution in [2.24, 2.45) is 0 Å². The SMILES string of the molecule is O=c1[nH]c(=S)c(F)cn1[C@@H]1O[C@H](CO)C(O)C1(F)C(F)(F)F. The van der Waals surface area contributed by atoms with E-state index in [2.05, 4.69) is 17.0 Å². The number of H-pyrrole nitrogens is 1. The number of hydrogen-bond acceptors (Lipinski definition) is 5. The van der Waals surface area contributed by atoms with Crippen molar-refractivity contribution in [2.75, 3.05) is 6.61 Å². The summed E-state index contributed by atoms with van der Waals surface area (Å²) < 4.78 is 70.7. The van der Waals surface area contributed by atoms with Crippen LogP contribution in [0.25, 0.3) is 0 Å². The van der Waals surface area contributed by atoms with Crippen LogP contribution < -0.4 is 5.69 Å². The average molecular weight is 348 g/mol. The van der Waals surface area contributed by atoms with E-state index in [4.69, 9.17) is 5.11 Å². The minimum Gasteiger partial charge on any atom is -0.394 e. The Bertz CT molecular complexity index is 689. The third-order valence-corrected chi connectivity index (χ3v) is 3.53. The molecule has 2 unspecified atom stereocenters. The zero-order valence-electron chi connectivity index (χ0n) is 10.5. The predicted octanol–water partition coefficient (Wildman–Crippen LogP) is 0.566. The van der Waals surface area contributed by atoms with Gasteiger partial charge in [0.1, 0.15) is 16.8 Å². The molecule has 1 aliphatic rings. The smallest absolute Gasteiger partial charge is 0.394 e. The number of alkyl halides is 4. The molecule has 0 aromatic carbocycles. The summed E-state index contributed by atoms with van der Waals surface area (Å²) >= 11 is 4.38. The van der Waals surface area contributed by atoms with Gasteiger partial charge in [-0.05, 0) is 0 Å². The number of nitrogens with zero attached hydrogens (tertiary/aromatic N) is 1. The molecule has 0 bridgehead atoms. The normalized spacial score (nSPS) is 32.4. The molecular formula is C10H9F5N2O4S. The Morgan fingerprint density at radius 1 is 1.50 bits per heavy atom. The van der Waals surface area contributed by atoms with Crippen molar-refractivity contribution >= 4 is 12.2 Å².